The zero-order chi connectivity index (χ0) is 22.5. The van der Waals surface area contributed by atoms with Crippen LogP contribution in [-0.4, -0.2) is 50.9 Å². The summed E-state index contributed by atoms with van der Waals surface area (Å²) >= 11 is 0. The van der Waals surface area contributed by atoms with Gasteiger partial charge in [0.05, 0.1) is 31.9 Å². The molecule has 1 amide bonds. The number of amides is 1. The van der Waals surface area contributed by atoms with E-state index in [0.717, 1.165) is 16.9 Å². The van der Waals surface area contributed by atoms with Gasteiger partial charge in [0.15, 0.2) is 5.78 Å². The number of fused-ring (bicyclic) bond motifs is 1. The first-order valence-electron chi connectivity index (χ1n) is 10.4. The molecule has 2 aromatic rings. The van der Waals surface area contributed by atoms with E-state index in [0.29, 0.717) is 35.0 Å². The topological polar surface area (TPSA) is 92.3 Å². The molecule has 0 radical (unpaired) electrons. The molecule has 5 rings (SSSR count). The van der Waals surface area contributed by atoms with Crippen molar-refractivity contribution in [2.24, 2.45) is 4.99 Å². The first-order chi connectivity index (χ1) is 15.5. The Morgan fingerprint density at radius 3 is 2.38 bits per heavy atom. The minimum absolute atomic E-state index is 0.0497. The van der Waals surface area contributed by atoms with Crippen LogP contribution in [0.25, 0.3) is 0 Å². The first kappa shape index (κ1) is 20.1. The number of hydrogen-bond acceptors (Lipinski definition) is 6. The van der Waals surface area contributed by atoms with Gasteiger partial charge in [0.25, 0.3) is 0 Å². The van der Waals surface area contributed by atoms with Crippen molar-refractivity contribution < 1.29 is 19.1 Å². The molecule has 1 unspecified atom stereocenters. The fourth-order valence-electron chi connectivity index (χ4n) is 4.82. The van der Waals surface area contributed by atoms with E-state index in [2.05, 4.69) is 15.6 Å². The number of aliphatic imine (C=N–C) groups is 1. The standard InChI is InChI=1S/C24H24N4O4/c1-25-23-21(19-8-14-6-4-5-7-18(14)27-19)22(30)24(12-20(29)26-13-24)28(23)15-9-16(31-2)11-17(10-15)32-3/h4-7,9-11,27H,8,12-13H2,1-3H3,(H,26,29). The number of nitrogens with zero attached hydrogens (tertiary/aromatic N) is 2. The second kappa shape index (κ2) is 7.40. The lowest BCUT2D eigenvalue weighted by Gasteiger charge is -2.33. The number of Topliss-reactive ketones (excluding diaryl/α,β-unsaturated/α-hetero) is 1. The Morgan fingerprint density at radius 1 is 1.06 bits per heavy atom. The van der Waals surface area contributed by atoms with Gasteiger partial charge in [0, 0.05) is 49.6 Å². The second-order valence-corrected chi connectivity index (χ2v) is 8.08. The normalized spacial score (nSPS) is 25.3. The summed E-state index contributed by atoms with van der Waals surface area (Å²) in [6, 6.07) is 13.4. The number of ether oxygens (including phenoxy) is 2. The Bertz CT molecular complexity index is 1150. The van der Waals surface area contributed by atoms with E-state index in [9.17, 15) is 9.59 Å². The predicted octanol–water partition coefficient (Wildman–Crippen LogP) is 2.30. The lowest BCUT2D eigenvalue weighted by atomic mass is 9.90. The number of carbonyl (C=O) groups is 2. The van der Waals surface area contributed by atoms with Crippen LogP contribution in [0.2, 0.25) is 0 Å². The molecule has 8 heteroatoms. The summed E-state index contributed by atoms with van der Waals surface area (Å²) in [5, 5.41) is 6.25. The van der Waals surface area contributed by atoms with Gasteiger partial charge in [-0.25, -0.2) is 0 Å². The summed E-state index contributed by atoms with van der Waals surface area (Å²) in [6.45, 7) is 0.201. The molecule has 2 fully saturated rings. The van der Waals surface area contributed by atoms with Crippen molar-refractivity contribution in [1.29, 1.82) is 0 Å². The number of allylic oxidation sites excluding steroid dienone is 1. The predicted molar refractivity (Wildman–Crippen MR) is 122 cm³/mol. The van der Waals surface area contributed by atoms with Crippen molar-refractivity contribution in [1.82, 2.24) is 5.32 Å². The number of amidine groups is 1. The minimum atomic E-state index is -1.10. The average molecular weight is 432 g/mol. The SMILES string of the molecule is CN=C1C(=C2Cc3ccccc3N2)C(=O)C2(CNC(=O)C2)N1c1cc(OC)cc(OC)c1. The largest absolute Gasteiger partial charge is 0.497 e. The maximum atomic E-state index is 14.0. The lowest BCUT2D eigenvalue weighted by molar-refractivity contribution is -0.122. The van der Waals surface area contributed by atoms with Crippen LogP contribution in [0.5, 0.6) is 11.5 Å². The molecule has 0 bridgehead atoms. The van der Waals surface area contributed by atoms with Crippen molar-refractivity contribution in [3.05, 3.63) is 59.3 Å². The molecule has 2 aromatic carbocycles. The van der Waals surface area contributed by atoms with Gasteiger partial charge in [-0.1, -0.05) is 18.2 Å². The number of ketones is 1. The number of hydrogen-bond donors (Lipinski definition) is 2. The highest BCUT2D eigenvalue weighted by Crippen LogP contribution is 2.44. The van der Waals surface area contributed by atoms with Crippen molar-refractivity contribution >= 4 is 28.9 Å². The summed E-state index contributed by atoms with van der Waals surface area (Å²) in [5.41, 5.74) is 3.00. The highest BCUT2D eigenvalue weighted by Gasteiger charge is 2.59. The van der Waals surface area contributed by atoms with Crippen LogP contribution in [0, 0.1) is 0 Å². The van der Waals surface area contributed by atoms with Gasteiger partial charge in [0.1, 0.15) is 22.9 Å². The Labute approximate surface area is 185 Å². The summed E-state index contributed by atoms with van der Waals surface area (Å²) in [4.78, 5) is 32.8. The summed E-state index contributed by atoms with van der Waals surface area (Å²) in [6.07, 6.45) is 0.650. The minimum Gasteiger partial charge on any atom is -0.497 e. The van der Waals surface area contributed by atoms with E-state index in [1.54, 1.807) is 27.3 Å². The fourth-order valence-corrected chi connectivity index (χ4v) is 4.82. The number of rotatable bonds is 3. The Balaban J connectivity index is 1.70. The highest BCUT2D eigenvalue weighted by molar-refractivity contribution is 6.39. The lowest BCUT2D eigenvalue weighted by Crippen LogP contribution is -2.51. The quantitative estimate of drug-likeness (QED) is 0.724. The molecule has 0 saturated carbocycles. The monoisotopic (exact) mass is 432 g/mol. The second-order valence-electron chi connectivity index (χ2n) is 8.08. The van der Waals surface area contributed by atoms with Gasteiger partial charge in [0.2, 0.25) is 5.91 Å². The van der Waals surface area contributed by atoms with E-state index in [1.165, 1.54) is 0 Å². The summed E-state index contributed by atoms with van der Waals surface area (Å²) in [5.74, 6) is 1.41. The van der Waals surface area contributed by atoms with Gasteiger partial charge in [-0.05, 0) is 11.6 Å². The molecule has 0 aliphatic carbocycles. The maximum absolute atomic E-state index is 14.0. The number of anilines is 2. The van der Waals surface area contributed by atoms with Crippen LogP contribution in [0.15, 0.2) is 58.7 Å². The van der Waals surface area contributed by atoms with Gasteiger partial charge in [-0.3, -0.25) is 14.6 Å². The van der Waals surface area contributed by atoms with Gasteiger partial charge in [-0.15, -0.1) is 0 Å². The third-order valence-electron chi connectivity index (χ3n) is 6.32. The number of carbonyl (C=O) groups excluding carboxylic acids is 2. The Hall–Kier alpha value is -3.81. The number of methoxy groups -OCH3 is 2. The number of benzene rings is 2. The van der Waals surface area contributed by atoms with Crippen molar-refractivity contribution in [2.45, 2.75) is 18.4 Å². The third-order valence-corrected chi connectivity index (χ3v) is 6.32. The summed E-state index contributed by atoms with van der Waals surface area (Å²) in [7, 11) is 4.82. The van der Waals surface area contributed by atoms with Crippen LogP contribution in [0.1, 0.15) is 12.0 Å². The molecule has 3 aliphatic heterocycles. The fraction of sp³-hybridized carbons (Fsp3) is 0.292. The molecule has 3 heterocycles. The Morgan fingerprint density at radius 2 is 1.78 bits per heavy atom. The van der Waals surface area contributed by atoms with Crippen LogP contribution < -0.4 is 25.0 Å². The molecule has 0 aromatic heterocycles. The van der Waals surface area contributed by atoms with Crippen LogP contribution in [0.3, 0.4) is 0 Å². The van der Waals surface area contributed by atoms with Crippen LogP contribution >= 0.6 is 0 Å². The molecule has 164 valence electrons. The molecule has 3 aliphatic rings. The average Bonchev–Trinajstić information content (AvgIpc) is 3.47. The Kier molecular flexibility index (Phi) is 4.65. The van der Waals surface area contributed by atoms with Crippen molar-refractivity contribution in [3.8, 4) is 11.5 Å². The van der Waals surface area contributed by atoms with Crippen LogP contribution in [0.4, 0.5) is 11.4 Å². The first-order valence-corrected chi connectivity index (χ1v) is 10.4. The van der Waals surface area contributed by atoms with Crippen LogP contribution in [-0.2, 0) is 16.0 Å². The van der Waals surface area contributed by atoms with Gasteiger partial charge >= 0.3 is 0 Å². The molecular formula is C24H24N4O4. The molecule has 1 atom stereocenters. The molecule has 32 heavy (non-hydrogen) atoms. The van der Waals surface area contributed by atoms with Crippen molar-refractivity contribution in [2.75, 3.05) is 38.0 Å². The number of nitrogens with one attached hydrogen (secondary N) is 2. The molecule has 1 spiro atoms. The zero-order valence-electron chi connectivity index (χ0n) is 18.2. The zero-order valence-corrected chi connectivity index (χ0v) is 18.2. The molecule has 8 nitrogen and oxygen atoms in total. The maximum Gasteiger partial charge on any atom is 0.223 e. The van der Waals surface area contributed by atoms with E-state index >= 15 is 0 Å². The van der Waals surface area contributed by atoms with Gasteiger partial charge in [-0.2, -0.15) is 0 Å². The smallest absolute Gasteiger partial charge is 0.223 e. The molecule has 2 saturated heterocycles. The molecular weight excluding hydrogens is 408 g/mol. The van der Waals surface area contributed by atoms with E-state index < -0.39 is 5.54 Å². The molecule has 2 N–H and O–H groups in total. The van der Waals surface area contributed by atoms with Gasteiger partial charge < -0.3 is 25.0 Å². The third kappa shape index (κ3) is 2.86. The summed E-state index contributed by atoms with van der Waals surface area (Å²) < 4.78 is 10.9. The van der Waals surface area contributed by atoms with E-state index in [4.69, 9.17) is 9.47 Å². The number of para-hydroxylation sites is 1. The van der Waals surface area contributed by atoms with E-state index in [-0.39, 0.29) is 24.7 Å². The van der Waals surface area contributed by atoms with Crippen molar-refractivity contribution in [3.63, 3.8) is 0 Å². The highest BCUT2D eigenvalue weighted by atomic mass is 16.5. The van der Waals surface area contributed by atoms with E-state index in [1.807, 2.05) is 41.3 Å².